The summed E-state index contributed by atoms with van der Waals surface area (Å²) in [4.78, 5) is 20.5. The van der Waals surface area contributed by atoms with Gasteiger partial charge in [-0.2, -0.15) is 0 Å². The molecular weight excluding hydrogens is 266 g/mol. The number of nitrogen functional groups attached to an aromatic ring is 1. The van der Waals surface area contributed by atoms with E-state index in [-0.39, 0.29) is 11.4 Å². The lowest BCUT2D eigenvalue weighted by Crippen LogP contribution is -2.47. The van der Waals surface area contributed by atoms with Gasteiger partial charge in [0, 0.05) is 16.6 Å². The first-order valence-corrected chi connectivity index (χ1v) is 6.85. The van der Waals surface area contributed by atoms with Crippen molar-refractivity contribution in [3.63, 3.8) is 0 Å². The van der Waals surface area contributed by atoms with Gasteiger partial charge >= 0.3 is 0 Å². The molecular formula is C15H21N5O. The Morgan fingerprint density at radius 1 is 1.29 bits per heavy atom. The third kappa shape index (κ3) is 3.81. The molecule has 0 aliphatic rings. The molecule has 6 nitrogen and oxygen atoms in total. The number of carbonyl (C=O) groups is 1. The average Bonchev–Trinajstić information content (AvgIpc) is 2.37. The smallest absolute Gasteiger partial charge is 0.242 e. The molecule has 21 heavy (non-hydrogen) atoms. The van der Waals surface area contributed by atoms with Gasteiger partial charge in [0.25, 0.3) is 0 Å². The zero-order valence-corrected chi connectivity index (χ0v) is 12.8. The van der Waals surface area contributed by atoms with Gasteiger partial charge in [0.05, 0.1) is 5.52 Å². The molecule has 0 fully saturated rings. The number of carbonyl (C=O) groups excluding carboxylic acids is 1. The van der Waals surface area contributed by atoms with Crippen LogP contribution in [-0.2, 0) is 4.79 Å². The Bertz CT molecular complexity index is 663. The van der Waals surface area contributed by atoms with Crippen LogP contribution in [0.5, 0.6) is 0 Å². The van der Waals surface area contributed by atoms with Crippen molar-refractivity contribution in [1.82, 2.24) is 15.3 Å². The monoisotopic (exact) mass is 287 g/mol. The molecule has 1 heterocycles. The maximum Gasteiger partial charge on any atom is 0.242 e. The minimum atomic E-state index is -0.413. The zero-order valence-electron chi connectivity index (χ0n) is 12.8. The van der Waals surface area contributed by atoms with E-state index in [1.54, 1.807) is 19.1 Å². The number of nitrogens with two attached hydrogens (primary N) is 1. The standard InChI is InChI=1S/C15H21N5O/c1-9(14(21)20-15(2,3)4)19-13-11-7-10(16)5-6-12(11)17-8-18-13/h5-9H,16H2,1-4H3,(H,20,21)(H,17,18,19). The number of anilines is 2. The van der Waals surface area contributed by atoms with Gasteiger partial charge in [-0.25, -0.2) is 9.97 Å². The molecule has 6 heteroatoms. The summed E-state index contributed by atoms with van der Waals surface area (Å²) in [6, 6.07) is 5.00. The molecule has 1 unspecified atom stereocenters. The predicted octanol–water partition coefficient (Wildman–Crippen LogP) is 1.93. The molecule has 2 rings (SSSR count). The summed E-state index contributed by atoms with van der Waals surface area (Å²) >= 11 is 0. The molecule has 0 aliphatic heterocycles. The molecule has 0 saturated carbocycles. The van der Waals surface area contributed by atoms with E-state index in [4.69, 9.17) is 5.73 Å². The fraction of sp³-hybridized carbons (Fsp3) is 0.400. The summed E-state index contributed by atoms with van der Waals surface area (Å²) in [6.07, 6.45) is 1.47. The van der Waals surface area contributed by atoms with Crippen molar-refractivity contribution in [3.8, 4) is 0 Å². The van der Waals surface area contributed by atoms with E-state index >= 15 is 0 Å². The number of benzene rings is 1. The van der Waals surface area contributed by atoms with Crippen LogP contribution < -0.4 is 16.4 Å². The van der Waals surface area contributed by atoms with Crippen LogP contribution in [-0.4, -0.2) is 27.5 Å². The summed E-state index contributed by atoms with van der Waals surface area (Å²) < 4.78 is 0. The van der Waals surface area contributed by atoms with Gasteiger partial charge in [0.1, 0.15) is 18.2 Å². The van der Waals surface area contributed by atoms with Crippen molar-refractivity contribution in [2.45, 2.75) is 39.3 Å². The van der Waals surface area contributed by atoms with E-state index in [1.165, 1.54) is 6.33 Å². The second-order valence-corrected chi connectivity index (χ2v) is 6.10. The van der Waals surface area contributed by atoms with Gasteiger partial charge in [-0.15, -0.1) is 0 Å². The first-order valence-electron chi connectivity index (χ1n) is 6.85. The SMILES string of the molecule is CC(Nc1ncnc2ccc(N)cc12)C(=O)NC(C)(C)C. The molecule has 1 aromatic carbocycles. The molecule has 0 radical (unpaired) electrons. The van der Waals surface area contributed by atoms with E-state index in [0.717, 1.165) is 10.9 Å². The van der Waals surface area contributed by atoms with Gasteiger partial charge in [-0.1, -0.05) is 0 Å². The van der Waals surface area contributed by atoms with Gasteiger partial charge in [0.2, 0.25) is 5.91 Å². The highest BCUT2D eigenvalue weighted by atomic mass is 16.2. The van der Waals surface area contributed by atoms with Gasteiger partial charge in [0.15, 0.2) is 0 Å². The number of aromatic nitrogens is 2. The maximum absolute atomic E-state index is 12.1. The van der Waals surface area contributed by atoms with Gasteiger partial charge < -0.3 is 16.4 Å². The van der Waals surface area contributed by atoms with E-state index in [2.05, 4.69) is 20.6 Å². The highest BCUT2D eigenvalue weighted by Crippen LogP contribution is 2.22. The number of amides is 1. The van der Waals surface area contributed by atoms with Crippen LogP contribution in [0.25, 0.3) is 10.9 Å². The average molecular weight is 287 g/mol. The highest BCUT2D eigenvalue weighted by Gasteiger charge is 2.20. The normalized spacial score (nSPS) is 13.0. The molecule has 0 aliphatic carbocycles. The quantitative estimate of drug-likeness (QED) is 0.750. The molecule has 0 spiro atoms. The van der Waals surface area contributed by atoms with Crippen LogP contribution in [0, 0.1) is 0 Å². The highest BCUT2D eigenvalue weighted by molar-refractivity contribution is 5.93. The van der Waals surface area contributed by atoms with Gasteiger partial charge in [-0.3, -0.25) is 4.79 Å². The van der Waals surface area contributed by atoms with Crippen LogP contribution in [0.2, 0.25) is 0 Å². The van der Waals surface area contributed by atoms with Crippen molar-refractivity contribution in [2.75, 3.05) is 11.1 Å². The van der Waals surface area contributed by atoms with Gasteiger partial charge in [-0.05, 0) is 45.9 Å². The third-order valence-electron chi connectivity index (χ3n) is 2.90. The summed E-state index contributed by atoms with van der Waals surface area (Å²) in [5.74, 6) is 0.516. The Balaban J connectivity index is 2.23. The van der Waals surface area contributed by atoms with Crippen molar-refractivity contribution >= 4 is 28.3 Å². The number of hydrogen-bond acceptors (Lipinski definition) is 5. The summed E-state index contributed by atoms with van der Waals surface area (Å²) in [7, 11) is 0. The lowest BCUT2D eigenvalue weighted by atomic mass is 10.1. The van der Waals surface area contributed by atoms with Crippen LogP contribution in [0.1, 0.15) is 27.7 Å². The van der Waals surface area contributed by atoms with E-state index < -0.39 is 6.04 Å². The Morgan fingerprint density at radius 3 is 2.67 bits per heavy atom. The van der Waals surface area contributed by atoms with Crippen molar-refractivity contribution in [1.29, 1.82) is 0 Å². The predicted molar refractivity (Wildman–Crippen MR) is 84.9 cm³/mol. The zero-order chi connectivity index (χ0) is 15.6. The summed E-state index contributed by atoms with van der Waals surface area (Å²) in [5, 5.41) is 6.84. The van der Waals surface area contributed by atoms with E-state index in [9.17, 15) is 4.79 Å². The number of rotatable bonds is 3. The van der Waals surface area contributed by atoms with Crippen molar-refractivity contribution < 1.29 is 4.79 Å². The topological polar surface area (TPSA) is 92.9 Å². The van der Waals surface area contributed by atoms with E-state index in [0.29, 0.717) is 11.5 Å². The molecule has 0 bridgehead atoms. The fourth-order valence-electron chi connectivity index (χ4n) is 1.94. The Hall–Kier alpha value is -2.37. The first-order chi connectivity index (χ1) is 9.76. The minimum Gasteiger partial charge on any atom is -0.399 e. The molecule has 2 aromatic rings. The molecule has 1 aromatic heterocycles. The van der Waals surface area contributed by atoms with Crippen LogP contribution in [0.3, 0.4) is 0 Å². The number of fused-ring (bicyclic) bond motifs is 1. The van der Waals surface area contributed by atoms with E-state index in [1.807, 2.05) is 26.8 Å². The summed E-state index contributed by atoms with van der Waals surface area (Å²) in [5.41, 5.74) is 6.95. The molecule has 1 amide bonds. The molecule has 1 atom stereocenters. The second-order valence-electron chi connectivity index (χ2n) is 6.10. The number of nitrogens with one attached hydrogen (secondary N) is 2. The first kappa shape index (κ1) is 15.0. The maximum atomic E-state index is 12.1. The largest absolute Gasteiger partial charge is 0.399 e. The Kier molecular flexibility index (Phi) is 3.97. The molecule has 112 valence electrons. The fourth-order valence-corrected chi connectivity index (χ4v) is 1.94. The van der Waals surface area contributed by atoms with Crippen LogP contribution in [0.15, 0.2) is 24.5 Å². The molecule has 4 N–H and O–H groups in total. The van der Waals surface area contributed by atoms with Crippen LogP contribution >= 0.6 is 0 Å². The number of hydrogen-bond donors (Lipinski definition) is 3. The summed E-state index contributed by atoms with van der Waals surface area (Å²) in [6.45, 7) is 7.62. The lowest BCUT2D eigenvalue weighted by Gasteiger charge is -2.24. The Morgan fingerprint density at radius 2 is 2.00 bits per heavy atom. The lowest BCUT2D eigenvalue weighted by molar-refractivity contribution is -0.122. The second kappa shape index (κ2) is 5.55. The Labute approximate surface area is 124 Å². The minimum absolute atomic E-state index is 0.0850. The van der Waals surface area contributed by atoms with Crippen LogP contribution in [0.4, 0.5) is 11.5 Å². The van der Waals surface area contributed by atoms with Crippen molar-refractivity contribution in [3.05, 3.63) is 24.5 Å². The molecule has 0 saturated heterocycles. The van der Waals surface area contributed by atoms with Crippen molar-refractivity contribution in [2.24, 2.45) is 0 Å². The number of nitrogens with zero attached hydrogens (tertiary/aromatic N) is 2. The third-order valence-corrected chi connectivity index (χ3v) is 2.90.